The summed E-state index contributed by atoms with van der Waals surface area (Å²) in [5.41, 5.74) is 2.81. The van der Waals surface area contributed by atoms with E-state index in [1.807, 2.05) is 6.33 Å². The van der Waals surface area contributed by atoms with Gasteiger partial charge in [0.05, 0.1) is 12.0 Å². The van der Waals surface area contributed by atoms with Gasteiger partial charge in [-0.25, -0.2) is 4.98 Å². The Balaban J connectivity index is 1.99. The third-order valence-electron chi connectivity index (χ3n) is 2.89. The molecular weight excluding hydrogens is 196 g/mol. The third-order valence-corrected chi connectivity index (χ3v) is 3.16. The van der Waals surface area contributed by atoms with Crippen molar-refractivity contribution in [2.24, 2.45) is 0 Å². The average Bonchev–Trinajstić information content (AvgIpc) is 2.63. The second-order valence-electron chi connectivity index (χ2n) is 3.93. The molecule has 0 aliphatic heterocycles. The van der Waals surface area contributed by atoms with Crippen molar-refractivity contribution >= 4 is 11.6 Å². The fourth-order valence-electron chi connectivity index (χ4n) is 2.10. The van der Waals surface area contributed by atoms with Gasteiger partial charge in [-0.3, -0.25) is 0 Å². The van der Waals surface area contributed by atoms with Crippen LogP contribution in [0.3, 0.4) is 0 Å². The summed E-state index contributed by atoms with van der Waals surface area (Å²) in [4.78, 5) is 4.47. The van der Waals surface area contributed by atoms with Crippen LogP contribution in [0.4, 0.5) is 0 Å². The predicted octanol–water partition coefficient (Wildman–Crippen LogP) is 2.78. The largest absolute Gasteiger partial charge is 0.334 e. The molecule has 0 radical (unpaired) electrons. The quantitative estimate of drug-likeness (QED) is 0.555. The lowest BCUT2D eigenvalue weighted by atomic mass is 10.0. The van der Waals surface area contributed by atoms with Crippen molar-refractivity contribution in [2.75, 3.05) is 5.88 Å². The van der Waals surface area contributed by atoms with Crippen molar-refractivity contribution < 1.29 is 0 Å². The van der Waals surface area contributed by atoms with Gasteiger partial charge in [-0.1, -0.05) is 0 Å². The van der Waals surface area contributed by atoms with Gasteiger partial charge in [-0.15, -0.1) is 11.6 Å². The number of imidazole rings is 1. The van der Waals surface area contributed by atoms with Crippen LogP contribution < -0.4 is 0 Å². The van der Waals surface area contributed by atoms with Gasteiger partial charge in [0.1, 0.15) is 0 Å². The van der Waals surface area contributed by atoms with Crippen LogP contribution in [0, 0.1) is 0 Å². The molecule has 1 aromatic rings. The SMILES string of the molecule is ClCCCCn1cnc2c1CCCC2. The lowest BCUT2D eigenvalue weighted by Crippen LogP contribution is -2.08. The van der Waals surface area contributed by atoms with Crippen molar-refractivity contribution in [3.63, 3.8) is 0 Å². The number of unbranched alkanes of at least 4 members (excludes halogenated alkanes) is 1. The van der Waals surface area contributed by atoms with Crippen LogP contribution in [0.5, 0.6) is 0 Å². The Labute approximate surface area is 90.3 Å². The molecule has 14 heavy (non-hydrogen) atoms. The number of aromatic nitrogens is 2. The maximum Gasteiger partial charge on any atom is 0.0951 e. The van der Waals surface area contributed by atoms with E-state index in [4.69, 9.17) is 11.6 Å². The summed E-state index contributed by atoms with van der Waals surface area (Å²) in [5.74, 6) is 0.775. The molecule has 1 aliphatic carbocycles. The molecule has 0 amide bonds. The molecule has 0 bridgehead atoms. The molecule has 0 atom stereocenters. The van der Waals surface area contributed by atoms with Crippen molar-refractivity contribution in [3.05, 3.63) is 17.7 Å². The molecule has 0 N–H and O–H groups in total. The fourth-order valence-corrected chi connectivity index (χ4v) is 2.29. The predicted molar refractivity (Wildman–Crippen MR) is 58.8 cm³/mol. The summed E-state index contributed by atoms with van der Waals surface area (Å²) in [6.07, 6.45) is 9.32. The van der Waals surface area contributed by atoms with Gasteiger partial charge >= 0.3 is 0 Å². The molecule has 0 fully saturated rings. The molecule has 0 saturated carbocycles. The Morgan fingerprint density at radius 2 is 2.14 bits per heavy atom. The van der Waals surface area contributed by atoms with Gasteiger partial charge in [0, 0.05) is 18.1 Å². The summed E-state index contributed by atoms with van der Waals surface area (Å²) < 4.78 is 2.32. The summed E-state index contributed by atoms with van der Waals surface area (Å²) in [6, 6.07) is 0. The van der Waals surface area contributed by atoms with E-state index in [0.29, 0.717) is 0 Å². The molecular formula is C11H17ClN2. The molecule has 78 valence electrons. The molecule has 0 aromatic carbocycles. The van der Waals surface area contributed by atoms with E-state index in [0.717, 1.165) is 18.8 Å². The van der Waals surface area contributed by atoms with Gasteiger partial charge < -0.3 is 4.57 Å². The maximum absolute atomic E-state index is 5.66. The fraction of sp³-hybridized carbons (Fsp3) is 0.727. The first-order chi connectivity index (χ1) is 6.92. The number of hydrogen-bond acceptors (Lipinski definition) is 1. The number of halogens is 1. The van der Waals surface area contributed by atoms with Crippen molar-refractivity contribution in [3.8, 4) is 0 Å². The number of hydrogen-bond donors (Lipinski definition) is 0. The van der Waals surface area contributed by atoms with Crippen molar-refractivity contribution in [1.29, 1.82) is 0 Å². The van der Waals surface area contributed by atoms with Crippen LogP contribution >= 0.6 is 11.6 Å². The van der Waals surface area contributed by atoms with Crippen molar-refractivity contribution in [2.45, 2.75) is 45.1 Å². The van der Waals surface area contributed by atoms with Gasteiger partial charge in [0.15, 0.2) is 0 Å². The molecule has 2 nitrogen and oxygen atoms in total. The summed E-state index contributed by atoms with van der Waals surface area (Å²) in [5, 5.41) is 0. The Morgan fingerprint density at radius 3 is 3.00 bits per heavy atom. The molecule has 0 spiro atoms. The van der Waals surface area contributed by atoms with Gasteiger partial charge in [-0.2, -0.15) is 0 Å². The first-order valence-corrected chi connectivity index (χ1v) is 6.04. The molecule has 3 heteroatoms. The number of alkyl halides is 1. The lowest BCUT2D eigenvalue weighted by molar-refractivity contribution is 0.577. The first-order valence-electron chi connectivity index (χ1n) is 5.50. The van der Waals surface area contributed by atoms with Gasteiger partial charge in [0.25, 0.3) is 0 Å². The molecule has 0 saturated heterocycles. The number of nitrogens with zero attached hydrogens (tertiary/aromatic N) is 2. The molecule has 2 rings (SSSR count). The Hall–Kier alpha value is -0.500. The highest BCUT2D eigenvalue weighted by Gasteiger charge is 2.14. The highest BCUT2D eigenvalue weighted by Crippen LogP contribution is 2.20. The normalized spacial score (nSPS) is 15.5. The molecule has 1 aromatic heterocycles. The standard InChI is InChI=1S/C11H17ClN2/c12-7-3-4-8-14-9-13-10-5-1-2-6-11(10)14/h9H,1-8H2. The van der Waals surface area contributed by atoms with Crippen LogP contribution in [0.1, 0.15) is 37.1 Å². The summed E-state index contributed by atoms with van der Waals surface area (Å²) >= 11 is 5.66. The zero-order valence-electron chi connectivity index (χ0n) is 8.51. The number of aryl methyl sites for hydroxylation is 2. The van der Waals surface area contributed by atoms with E-state index in [-0.39, 0.29) is 0 Å². The smallest absolute Gasteiger partial charge is 0.0951 e. The van der Waals surface area contributed by atoms with Crippen LogP contribution in [0.25, 0.3) is 0 Å². The first kappa shape index (κ1) is 10.0. The minimum Gasteiger partial charge on any atom is -0.334 e. The average molecular weight is 213 g/mol. The monoisotopic (exact) mass is 212 g/mol. The minimum atomic E-state index is 0.775. The maximum atomic E-state index is 5.66. The minimum absolute atomic E-state index is 0.775. The molecule has 1 aliphatic rings. The summed E-state index contributed by atoms with van der Waals surface area (Å²) in [6.45, 7) is 1.09. The van der Waals surface area contributed by atoms with Crippen LogP contribution in [0.15, 0.2) is 6.33 Å². The van der Waals surface area contributed by atoms with Crippen LogP contribution in [-0.2, 0) is 19.4 Å². The van der Waals surface area contributed by atoms with Gasteiger partial charge in [-0.05, 0) is 38.5 Å². The Morgan fingerprint density at radius 1 is 1.29 bits per heavy atom. The van der Waals surface area contributed by atoms with Crippen LogP contribution in [-0.4, -0.2) is 15.4 Å². The van der Waals surface area contributed by atoms with E-state index in [2.05, 4.69) is 9.55 Å². The second-order valence-corrected chi connectivity index (χ2v) is 4.31. The zero-order chi connectivity index (χ0) is 9.80. The Kier molecular flexibility index (Phi) is 3.46. The summed E-state index contributed by atoms with van der Waals surface area (Å²) in [7, 11) is 0. The molecule has 1 heterocycles. The molecule has 0 unspecified atom stereocenters. The second kappa shape index (κ2) is 4.83. The van der Waals surface area contributed by atoms with Crippen LogP contribution in [0.2, 0.25) is 0 Å². The van der Waals surface area contributed by atoms with E-state index >= 15 is 0 Å². The zero-order valence-corrected chi connectivity index (χ0v) is 9.26. The number of fused-ring (bicyclic) bond motifs is 1. The van der Waals surface area contributed by atoms with E-state index in [1.54, 1.807) is 0 Å². The van der Waals surface area contributed by atoms with Gasteiger partial charge in [0.2, 0.25) is 0 Å². The highest BCUT2D eigenvalue weighted by atomic mass is 35.5. The third kappa shape index (κ3) is 2.11. The van der Waals surface area contributed by atoms with E-state index in [1.165, 1.54) is 43.5 Å². The lowest BCUT2D eigenvalue weighted by Gasteiger charge is -2.13. The Bertz CT molecular complexity index is 293. The topological polar surface area (TPSA) is 17.8 Å². The van der Waals surface area contributed by atoms with Crippen molar-refractivity contribution in [1.82, 2.24) is 9.55 Å². The van der Waals surface area contributed by atoms with E-state index in [9.17, 15) is 0 Å². The number of rotatable bonds is 4. The van der Waals surface area contributed by atoms with E-state index < -0.39 is 0 Å². The highest BCUT2D eigenvalue weighted by molar-refractivity contribution is 6.17.